The molecule has 2 N–H and O–H groups in total. The molecule has 2 rings (SSSR count). The predicted molar refractivity (Wildman–Crippen MR) is 75.8 cm³/mol. The van der Waals surface area contributed by atoms with Crippen LogP contribution in [0.25, 0.3) is 0 Å². The Hall–Kier alpha value is -0.120. The number of rotatable bonds is 4. The first-order valence-corrected chi connectivity index (χ1v) is 7.89. The molecule has 2 fully saturated rings. The van der Waals surface area contributed by atoms with E-state index in [4.69, 9.17) is 0 Å². The fourth-order valence-corrected chi connectivity index (χ4v) is 3.50. The molecule has 1 heterocycles. The van der Waals surface area contributed by atoms with Gasteiger partial charge in [-0.15, -0.1) is 0 Å². The van der Waals surface area contributed by atoms with E-state index in [-0.39, 0.29) is 5.54 Å². The molecular formula is C15H30N2O. The van der Waals surface area contributed by atoms with Gasteiger partial charge < -0.3 is 15.3 Å². The summed E-state index contributed by atoms with van der Waals surface area (Å²) in [4.78, 5) is 2.49. The van der Waals surface area contributed by atoms with Crippen molar-refractivity contribution in [3.63, 3.8) is 0 Å². The first kappa shape index (κ1) is 14.3. The van der Waals surface area contributed by atoms with Crippen LogP contribution in [0.5, 0.6) is 0 Å². The lowest BCUT2D eigenvalue weighted by molar-refractivity contribution is 0.0697. The molecule has 0 radical (unpaired) electrons. The number of hydrogen-bond acceptors (Lipinski definition) is 3. The van der Waals surface area contributed by atoms with E-state index in [0.29, 0.717) is 12.6 Å². The van der Waals surface area contributed by atoms with Crippen molar-refractivity contribution in [3.05, 3.63) is 0 Å². The Morgan fingerprint density at radius 1 is 1.11 bits per heavy atom. The minimum absolute atomic E-state index is 0.0146. The first-order valence-electron chi connectivity index (χ1n) is 7.89. The van der Waals surface area contributed by atoms with Crippen LogP contribution < -0.4 is 5.32 Å². The first-order chi connectivity index (χ1) is 8.78. The second-order valence-corrected chi connectivity index (χ2v) is 6.21. The molecule has 0 aromatic carbocycles. The molecular weight excluding hydrogens is 224 g/mol. The van der Waals surface area contributed by atoms with E-state index >= 15 is 0 Å². The fraction of sp³-hybridized carbons (Fsp3) is 1.00. The van der Waals surface area contributed by atoms with Gasteiger partial charge >= 0.3 is 0 Å². The van der Waals surface area contributed by atoms with Crippen molar-refractivity contribution >= 4 is 0 Å². The van der Waals surface area contributed by atoms with Gasteiger partial charge in [0.05, 0.1) is 6.61 Å². The van der Waals surface area contributed by atoms with Crippen LogP contribution in [0.3, 0.4) is 0 Å². The van der Waals surface area contributed by atoms with Crippen molar-refractivity contribution in [2.45, 2.75) is 69.9 Å². The Kier molecular flexibility index (Phi) is 5.46. The molecule has 3 nitrogen and oxygen atoms in total. The Balaban J connectivity index is 1.87. The topological polar surface area (TPSA) is 35.5 Å². The lowest BCUT2D eigenvalue weighted by Crippen LogP contribution is -2.58. The van der Waals surface area contributed by atoms with Gasteiger partial charge in [0, 0.05) is 11.6 Å². The van der Waals surface area contributed by atoms with Gasteiger partial charge in [-0.05, 0) is 45.3 Å². The van der Waals surface area contributed by atoms with Crippen LogP contribution in [0.15, 0.2) is 0 Å². The molecule has 1 aliphatic heterocycles. The molecule has 1 saturated carbocycles. The third kappa shape index (κ3) is 3.69. The maximum Gasteiger partial charge on any atom is 0.0614 e. The number of likely N-dealkylation sites (tertiary alicyclic amines) is 1. The summed E-state index contributed by atoms with van der Waals surface area (Å²) >= 11 is 0. The van der Waals surface area contributed by atoms with Crippen LogP contribution in [0.1, 0.15) is 58.3 Å². The molecule has 0 atom stereocenters. The van der Waals surface area contributed by atoms with Gasteiger partial charge in [0.15, 0.2) is 0 Å². The van der Waals surface area contributed by atoms with Crippen molar-refractivity contribution in [1.29, 1.82) is 0 Å². The van der Waals surface area contributed by atoms with Gasteiger partial charge in [-0.2, -0.15) is 0 Å². The van der Waals surface area contributed by atoms with E-state index < -0.39 is 0 Å². The maximum atomic E-state index is 9.82. The molecule has 1 aliphatic carbocycles. The summed E-state index contributed by atoms with van der Waals surface area (Å²) in [5.74, 6) is 0. The zero-order valence-corrected chi connectivity index (χ0v) is 12.0. The van der Waals surface area contributed by atoms with Crippen LogP contribution in [0, 0.1) is 0 Å². The second kappa shape index (κ2) is 6.88. The van der Waals surface area contributed by atoms with E-state index in [9.17, 15) is 5.11 Å². The fourth-order valence-electron chi connectivity index (χ4n) is 3.50. The van der Waals surface area contributed by atoms with E-state index in [1.165, 1.54) is 38.5 Å². The Labute approximate surface area is 112 Å². The van der Waals surface area contributed by atoms with Crippen molar-refractivity contribution in [2.24, 2.45) is 0 Å². The van der Waals surface area contributed by atoms with E-state index in [1.54, 1.807) is 0 Å². The van der Waals surface area contributed by atoms with Crippen LogP contribution in [-0.4, -0.2) is 47.8 Å². The van der Waals surface area contributed by atoms with Gasteiger partial charge in [0.25, 0.3) is 0 Å². The monoisotopic (exact) mass is 254 g/mol. The van der Waals surface area contributed by atoms with Crippen LogP contribution in [-0.2, 0) is 0 Å². The van der Waals surface area contributed by atoms with E-state index in [2.05, 4.69) is 17.1 Å². The summed E-state index contributed by atoms with van der Waals surface area (Å²) in [7, 11) is 0. The molecule has 0 unspecified atom stereocenters. The third-order valence-corrected chi connectivity index (χ3v) is 4.93. The number of piperidine rings is 1. The molecule has 0 spiro atoms. The number of aliphatic hydroxyl groups excluding tert-OH is 1. The molecule has 106 valence electrons. The number of aliphatic hydroxyl groups is 1. The average molecular weight is 254 g/mol. The third-order valence-electron chi connectivity index (χ3n) is 4.93. The molecule has 1 saturated heterocycles. The minimum atomic E-state index is 0.0146. The van der Waals surface area contributed by atoms with Gasteiger partial charge in [-0.25, -0.2) is 0 Å². The highest BCUT2D eigenvalue weighted by molar-refractivity contribution is 4.95. The Morgan fingerprint density at radius 3 is 2.22 bits per heavy atom. The number of hydrogen-bond donors (Lipinski definition) is 2. The highest BCUT2D eigenvalue weighted by Gasteiger charge is 2.35. The lowest BCUT2D eigenvalue weighted by Gasteiger charge is -2.43. The van der Waals surface area contributed by atoms with Gasteiger partial charge in [0.2, 0.25) is 0 Å². The normalized spacial score (nSPS) is 27.0. The van der Waals surface area contributed by atoms with E-state index in [0.717, 1.165) is 32.5 Å². The Morgan fingerprint density at radius 2 is 1.72 bits per heavy atom. The highest BCUT2D eigenvalue weighted by atomic mass is 16.3. The standard InChI is InChI=1S/C15H30N2O/c1-2-17-11-9-15(13-18,10-12-17)16-14-7-5-3-4-6-8-14/h14,16,18H,2-13H2,1H3. The van der Waals surface area contributed by atoms with Crippen molar-refractivity contribution in [2.75, 3.05) is 26.2 Å². The van der Waals surface area contributed by atoms with Gasteiger partial charge in [-0.1, -0.05) is 32.6 Å². The summed E-state index contributed by atoms with van der Waals surface area (Å²) in [6.07, 6.45) is 10.3. The molecule has 0 aromatic rings. The van der Waals surface area contributed by atoms with Crippen molar-refractivity contribution in [3.8, 4) is 0 Å². The maximum absolute atomic E-state index is 9.82. The summed E-state index contributed by atoms with van der Waals surface area (Å²) in [6.45, 7) is 5.95. The molecule has 3 heteroatoms. The minimum Gasteiger partial charge on any atom is -0.394 e. The largest absolute Gasteiger partial charge is 0.394 e. The lowest BCUT2D eigenvalue weighted by atomic mass is 9.86. The van der Waals surface area contributed by atoms with Crippen LogP contribution >= 0.6 is 0 Å². The van der Waals surface area contributed by atoms with Crippen molar-refractivity contribution < 1.29 is 5.11 Å². The molecule has 0 amide bonds. The zero-order chi connectivity index (χ0) is 12.8. The summed E-state index contributed by atoms with van der Waals surface area (Å²) in [5.41, 5.74) is 0.0146. The highest BCUT2D eigenvalue weighted by Crippen LogP contribution is 2.26. The SMILES string of the molecule is CCN1CCC(CO)(NC2CCCCCC2)CC1. The average Bonchev–Trinajstić information content (AvgIpc) is 2.68. The quantitative estimate of drug-likeness (QED) is 0.755. The Bertz CT molecular complexity index is 229. The van der Waals surface area contributed by atoms with Crippen LogP contribution in [0.2, 0.25) is 0 Å². The zero-order valence-electron chi connectivity index (χ0n) is 12.0. The molecule has 18 heavy (non-hydrogen) atoms. The van der Waals surface area contributed by atoms with Crippen molar-refractivity contribution in [1.82, 2.24) is 10.2 Å². The summed E-state index contributed by atoms with van der Waals surface area (Å²) in [5, 5.41) is 13.6. The van der Waals surface area contributed by atoms with Gasteiger partial charge in [0.1, 0.15) is 0 Å². The molecule has 0 aromatic heterocycles. The number of nitrogens with one attached hydrogen (secondary N) is 1. The summed E-state index contributed by atoms with van der Waals surface area (Å²) in [6, 6.07) is 0.646. The predicted octanol–water partition coefficient (Wildman–Crippen LogP) is 2.15. The van der Waals surface area contributed by atoms with Gasteiger partial charge in [-0.3, -0.25) is 0 Å². The smallest absolute Gasteiger partial charge is 0.0614 e. The van der Waals surface area contributed by atoms with E-state index in [1.807, 2.05) is 0 Å². The second-order valence-electron chi connectivity index (χ2n) is 6.21. The number of nitrogens with zero attached hydrogens (tertiary/aromatic N) is 1. The van der Waals surface area contributed by atoms with Crippen LogP contribution in [0.4, 0.5) is 0 Å². The molecule has 2 aliphatic rings. The summed E-state index contributed by atoms with van der Waals surface area (Å²) < 4.78 is 0. The molecule has 0 bridgehead atoms.